The lowest BCUT2D eigenvalue weighted by Gasteiger charge is -2.24. The summed E-state index contributed by atoms with van der Waals surface area (Å²) >= 11 is 0. The predicted octanol–water partition coefficient (Wildman–Crippen LogP) is 4.20. The highest BCUT2D eigenvalue weighted by Gasteiger charge is 2.21. The molecule has 10 nitrogen and oxygen atoms in total. The Bertz CT molecular complexity index is 1390. The number of rotatable bonds is 10. The van der Waals surface area contributed by atoms with E-state index >= 15 is 0 Å². The van der Waals surface area contributed by atoms with Crippen LogP contribution in [0.4, 0.5) is 5.95 Å². The van der Waals surface area contributed by atoms with Crippen LogP contribution in [0.1, 0.15) is 40.7 Å². The summed E-state index contributed by atoms with van der Waals surface area (Å²) in [5, 5.41) is 9.25. The number of ether oxygens (including phenoxy) is 2. The number of hydrogen-bond acceptors (Lipinski definition) is 8. The van der Waals surface area contributed by atoms with E-state index in [9.17, 15) is 18.3 Å². The van der Waals surface area contributed by atoms with Crippen molar-refractivity contribution in [3.05, 3.63) is 65.2 Å². The van der Waals surface area contributed by atoms with E-state index in [-0.39, 0.29) is 47.3 Å². The van der Waals surface area contributed by atoms with Crippen molar-refractivity contribution >= 4 is 34.3 Å². The fourth-order valence-electron chi connectivity index (χ4n) is 4.55. The second-order valence-corrected chi connectivity index (χ2v) is 11.2. The van der Waals surface area contributed by atoms with Gasteiger partial charge in [0.05, 0.1) is 16.2 Å². The Morgan fingerprint density at radius 2 is 1.90 bits per heavy atom. The van der Waals surface area contributed by atoms with Gasteiger partial charge in [-0.25, -0.2) is 22.9 Å². The summed E-state index contributed by atoms with van der Waals surface area (Å²) in [5.41, 5.74) is 9.38. The molecular weight excluding hydrogens is 544 g/mol. The molecule has 210 valence electrons. The van der Waals surface area contributed by atoms with E-state index in [1.54, 1.807) is 6.07 Å². The minimum absolute atomic E-state index is 0. The van der Waals surface area contributed by atoms with Crippen LogP contribution in [0.25, 0.3) is 11.3 Å². The lowest BCUT2D eigenvalue weighted by Crippen LogP contribution is -2.33. The normalized spacial score (nSPS) is 16.1. The summed E-state index contributed by atoms with van der Waals surface area (Å²) in [5.74, 6) is -0.885. The van der Waals surface area contributed by atoms with Crippen molar-refractivity contribution in [2.24, 2.45) is 11.7 Å². The van der Waals surface area contributed by atoms with Crippen LogP contribution in [0, 0.1) is 19.8 Å². The number of halogens is 1. The first-order chi connectivity index (χ1) is 18.1. The minimum atomic E-state index is -4.19. The summed E-state index contributed by atoms with van der Waals surface area (Å²) in [6, 6.07) is 12.3. The highest BCUT2D eigenvalue weighted by atomic mass is 35.5. The third-order valence-electron chi connectivity index (χ3n) is 6.39. The minimum Gasteiger partial charge on any atom is -0.478 e. The average molecular weight is 577 g/mol. The van der Waals surface area contributed by atoms with E-state index < -0.39 is 16.0 Å². The molecule has 4 N–H and O–H groups in total. The van der Waals surface area contributed by atoms with E-state index in [0.29, 0.717) is 18.2 Å². The van der Waals surface area contributed by atoms with Gasteiger partial charge in [0.2, 0.25) is 11.8 Å². The monoisotopic (exact) mass is 576 g/mol. The quantitative estimate of drug-likeness (QED) is 0.322. The van der Waals surface area contributed by atoms with Crippen molar-refractivity contribution in [1.82, 2.24) is 9.97 Å². The summed E-state index contributed by atoms with van der Waals surface area (Å²) in [6.07, 6.45) is 2.82. The van der Waals surface area contributed by atoms with Crippen LogP contribution in [-0.2, 0) is 14.8 Å². The van der Waals surface area contributed by atoms with Crippen molar-refractivity contribution in [3.8, 4) is 17.1 Å². The number of benzene rings is 2. The van der Waals surface area contributed by atoms with Gasteiger partial charge in [-0.1, -0.05) is 24.3 Å². The fourth-order valence-corrected chi connectivity index (χ4v) is 5.54. The molecule has 1 aliphatic heterocycles. The van der Waals surface area contributed by atoms with Crippen LogP contribution >= 0.6 is 12.4 Å². The Labute approximate surface area is 234 Å². The van der Waals surface area contributed by atoms with Crippen molar-refractivity contribution in [2.75, 3.05) is 24.5 Å². The maximum atomic E-state index is 13.1. The lowest BCUT2D eigenvalue weighted by molar-refractivity contribution is 0.0469. The maximum Gasteiger partial charge on any atom is 0.335 e. The molecule has 0 spiro atoms. The van der Waals surface area contributed by atoms with Crippen LogP contribution in [0.2, 0.25) is 0 Å². The molecule has 2 aromatic carbocycles. The first-order valence-electron chi connectivity index (χ1n) is 12.4. The number of carbonyl (C=O) groups is 1. The predicted molar refractivity (Wildman–Crippen MR) is 150 cm³/mol. The van der Waals surface area contributed by atoms with Gasteiger partial charge < -0.3 is 20.3 Å². The Morgan fingerprint density at radius 3 is 2.56 bits per heavy atom. The van der Waals surface area contributed by atoms with Gasteiger partial charge in [-0.2, -0.15) is 4.98 Å². The first-order valence-corrected chi connectivity index (χ1v) is 13.9. The molecule has 12 heteroatoms. The van der Waals surface area contributed by atoms with Gasteiger partial charge in [0.15, 0.2) is 0 Å². The van der Waals surface area contributed by atoms with Gasteiger partial charge in [0, 0.05) is 30.9 Å². The number of aryl methyl sites for hydroxylation is 2. The summed E-state index contributed by atoms with van der Waals surface area (Å²) in [7, 11) is -4.19. The molecule has 1 fully saturated rings. The summed E-state index contributed by atoms with van der Waals surface area (Å²) < 4.78 is 40.0. The molecule has 39 heavy (non-hydrogen) atoms. The molecule has 4 rings (SSSR count). The average Bonchev–Trinajstić information content (AvgIpc) is 2.88. The van der Waals surface area contributed by atoms with Gasteiger partial charge in [0.1, 0.15) is 6.61 Å². The number of carboxylic acids is 1. The van der Waals surface area contributed by atoms with Gasteiger partial charge in [0.25, 0.3) is 10.0 Å². The van der Waals surface area contributed by atoms with E-state index in [4.69, 9.17) is 15.2 Å². The standard InChI is InChI=1S/C27H32N4O6S.ClH/c1-17-6-3-7-18(2)25(17)23-14-24(37-16-21(28)12-19-8-5-11-36-15-19)30-27(29-23)31-38(34,35)22-10-4-9-20(13-22)26(32)33;/h3-4,6-7,9-10,13-14,19,21H,5,8,11-12,15-16,28H2,1-2H3,(H,32,33)(H,29,30,31);1H/t19?,21-;/m1./s1. The fraction of sp³-hybridized carbons (Fsp3) is 0.370. The Balaban J connectivity index is 0.00000420. The van der Waals surface area contributed by atoms with Crippen molar-refractivity contribution in [3.63, 3.8) is 0 Å². The zero-order chi connectivity index (χ0) is 27.3. The summed E-state index contributed by atoms with van der Waals surface area (Å²) in [4.78, 5) is 19.9. The maximum absolute atomic E-state index is 13.1. The number of hydrogen-bond donors (Lipinski definition) is 3. The Morgan fingerprint density at radius 1 is 1.18 bits per heavy atom. The Hall–Kier alpha value is -3.25. The number of nitrogens with zero attached hydrogens (tertiary/aromatic N) is 2. The Kier molecular flexibility index (Phi) is 10.3. The molecule has 0 aliphatic carbocycles. The third-order valence-corrected chi connectivity index (χ3v) is 7.72. The van der Waals surface area contributed by atoms with Gasteiger partial charge in [-0.05, 0) is 68.4 Å². The number of aromatic carboxylic acids is 1. The van der Waals surface area contributed by atoms with Crippen LogP contribution in [0.3, 0.4) is 0 Å². The molecule has 0 radical (unpaired) electrons. The highest BCUT2D eigenvalue weighted by molar-refractivity contribution is 7.92. The van der Waals surface area contributed by atoms with E-state index in [2.05, 4.69) is 14.7 Å². The molecule has 1 aromatic heterocycles. The van der Waals surface area contributed by atoms with E-state index in [1.165, 1.54) is 18.2 Å². The number of aromatic nitrogens is 2. The second kappa shape index (κ2) is 13.2. The first kappa shape index (κ1) is 30.3. The van der Waals surface area contributed by atoms with Crippen molar-refractivity contribution in [2.45, 2.75) is 44.0 Å². The topological polar surface area (TPSA) is 154 Å². The molecule has 0 saturated carbocycles. The molecule has 2 atom stereocenters. The van der Waals surface area contributed by atoms with Crippen molar-refractivity contribution in [1.29, 1.82) is 0 Å². The number of anilines is 1. The number of nitrogens with one attached hydrogen (secondary N) is 1. The number of sulfonamides is 1. The molecule has 1 unspecified atom stereocenters. The lowest BCUT2D eigenvalue weighted by atomic mass is 9.95. The van der Waals surface area contributed by atoms with E-state index in [1.807, 2.05) is 32.0 Å². The zero-order valence-electron chi connectivity index (χ0n) is 21.8. The molecule has 2 heterocycles. The van der Waals surface area contributed by atoms with Crippen LogP contribution in [0.15, 0.2) is 53.4 Å². The van der Waals surface area contributed by atoms with Crippen LogP contribution in [0.5, 0.6) is 5.88 Å². The molecule has 3 aromatic rings. The zero-order valence-corrected chi connectivity index (χ0v) is 23.4. The second-order valence-electron chi connectivity index (χ2n) is 9.51. The van der Waals surface area contributed by atoms with Crippen LogP contribution in [-0.4, -0.2) is 55.3 Å². The van der Waals surface area contributed by atoms with Gasteiger partial charge in [-0.15, -0.1) is 12.4 Å². The molecular formula is C27H33ClN4O6S. The van der Waals surface area contributed by atoms with Gasteiger partial charge in [-0.3, -0.25) is 0 Å². The van der Waals surface area contributed by atoms with Crippen molar-refractivity contribution < 1.29 is 27.8 Å². The number of carboxylic acid groups (broad SMARTS) is 1. The SMILES string of the molecule is Cc1cccc(C)c1-c1cc(OC[C@H](N)CC2CCCOC2)nc(NS(=O)(=O)c2cccc(C(=O)O)c2)n1.Cl. The summed E-state index contributed by atoms with van der Waals surface area (Å²) in [6.45, 7) is 5.53. The highest BCUT2D eigenvalue weighted by Crippen LogP contribution is 2.29. The molecule has 0 bridgehead atoms. The van der Waals surface area contributed by atoms with Crippen LogP contribution < -0.4 is 15.2 Å². The number of nitrogens with two attached hydrogens (primary N) is 1. The van der Waals surface area contributed by atoms with Gasteiger partial charge >= 0.3 is 5.97 Å². The third kappa shape index (κ3) is 7.89. The molecule has 1 saturated heterocycles. The van der Waals surface area contributed by atoms with E-state index in [0.717, 1.165) is 48.6 Å². The largest absolute Gasteiger partial charge is 0.478 e. The molecule has 1 aliphatic rings. The smallest absolute Gasteiger partial charge is 0.335 e. The molecule has 0 amide bonds.